The molecule has 0 saturated heterocycles. The SMILES string of the molecule is CN(C)c1nccc(NCCCNCc2cccnc2)n1. The van der Waals surface area contributed by atoms with E-state index < -0.39 is 0 Å². The van der Waals surface area contributed by atoms with Gasteiger partial charge in [-0.05, 0) is 30.7 Å². The van der Waals surface area contributed by atoms with Crippen LogP contribution >= 0.6 is 0 Å². The molecule has 2 N–H and O–H groups in total. The van der Waals surface area contributed by atoms with Crippen molar-refractivity contribution >= 4 is 11.8 Å². The van der Waals surface area contributed by atoms with E-state index in [0.717, 1.165) is 37.8 Å². The van der Waals surface area contributed by atoms with Gasteiger partial charge in [0.1, 0.15) is 5.82 Å². The van der Waals surface area contributed by atoms with Gasteiger partial charge in [0.15, 0.2) is 0 Å². The largest absolute Gasteiger partial charge is 0.370 e. The Kier molecular flexibility index (Phi) is 5.90. The number of anilines is 2. The molecule has 2 aromatic heterocycles. The Morgan fingerprint density at radius 1 is 1.14 bits per heavy atom. The summed E-state index contributed by atoms with van der Waals surface area (Å²) in [5, 5.41) is 6.71. The average Bonchev–Trinajstić information content (AvgIpc) is 2.52. The second-order valence-corrected chi connectivity index (χ2v) is 4.95. The molecule has 0 radical (unpaired) electrons. The first-order valence-electron chi connectivity index (χ1n) is 7.09. The highest BCUT2D eigenvalue weighted by Gasteiger charge is 2.00. The predicted molar refractivity (Wildman–Crippen MR) is 85.4 cm³/mol. The summed E-state index contributed by atoms with van der Waals surface area (Å²) >= 11 is 0. The van der Waals surface area contributed by atoms with Gasteiger partial charge < -0.3 is 15.5 Å². The van der Waals surface area contributed by atoms with Crippen LogP contribution in [0.4, 0.5) is 11.8 Å². The first-order valence-corrected chi connectivity index (χ1v) is 7.09. The molecule has 0 aliphatic rings. The summed E-state index contributed by atoms with van der Waals surface area (Å²) in [5.41, 5.74) is 1.21. The van der Waals surface area contributed by atoms with Gasteiger partial charge in [0, 0.05) is 45.8 Å². The van der Waals surface area contributed by atoms with Crippen molar-refractivity contribution in [3.8, 4) is 0 Å². The lowest BCUT2D eigenvalue weighted by Gasteiger charge is -2.11. The van der Waals surface area contributed by atoms with Crippen molar-refractivity contribution in [2.75, 3.05) is 37.4 Å². The lowest BCUT2D eigenvalue weighted by atomic mass is 10.3. The monoisotopic (exact) mass is 286 g/mol. The normalized spacial score (nSPS) is 10.4. The van der Waals surface area contributed by atoms with Crippen molar-refractivity contribution in [2.24, 2.45) is 0 Å². The Bertz CT molecular complexity index is 529. The summed E-state index contributed by atoms with van der Waals surface area (Å²) in [6, 6.07) is 5.91. The Morgan fingerprint density at radius 3 is 2.81 bits per heavy atom. The van der Waals surface area contributed by atoms with Crippen LogP contribution < -0.4 is 15.5 Å². The van der Waals surface area contributed by atoms with Crippen molar-refractivity contribution in [3.05, 3.63) is 42.4 Å². The molecule has 0 aromatic carbocycles. The summed E-state index contributed by atoms with van der Waals surface area (Å²) in [5.74, 6) is 1.58. The fourth-order valence-electron chi connectivity index (χ4n) is 1.83. The summed E-state index contributed by atoms with van der Waals surface area (Å²) in [6.07, 6.45) is 6.47. The highest BCUT2D eigenvalue weighted by Crippen LogP contribution is 2.07. The molecular formula is C15H22N6. The molecule has 0 atom stereocenters. The van der Waals surface area contributed by atoms with E-state index in [1.54, 1.807) is 12.4 Å². The quantitative estimate of drug-likeness (QED) is 0.717. The predicted octanol–water partition coefficient (Wildman–Crippen LogP) is 1.53. The number of rotatable bonds is 8. The molecule has 0 saturated carbocycles. The van der Waals surface area contributed by atoms with Crippen molar-refractivity contribution < 1.29 is 0 Å². The molecule has 0 bridgehead atoms. The molecule has 0 spiro atoms. The minimum Gasteiger partial charge on any atom is -0.370 e. The van der Waals surface area contributed by atoms with E-state index >= 15 is 0 Å². The van der Waals surface area contributed by atoms with E-state index in [4.69, 9.17) is 0 Å². The summed E-state index contributed by atoms with van der Waals surface area (Å²) in [7, 11) is 3.86. The first-order chi connectivity index (χ1) is 10.3. The second kappa shape index (κ2) is 8.16. The third kappa shape index (κ3) is 5.35. The van der Waals surface area contributed by atoms with Gasteiger partial charge in [-0.25, -0.2) is 4.98 Å². The molecule has 0 unspecified atom stereocenters. The lowest BCUT2D eigenvalue weighted by molar-refractivity contribution is 0.661. The Hall–Kier alpha value is -2.21. The Labute approximate surface area is 125 Å². The smallest absolute Gasteiger partial charge is 0.226 e. The Morgan fingerprint density at radius 2 is 2.05 bits per heavy atom. The molecule has 0 amide bonds. The Balaban J connectivity index is 1.62. The van der Waals surface area contributed by atoms with Crippen LogP contribution in [0.2, 0.25) is 0 Å². The van der Waals surface area contributed by atoms with Gasteiger partial charge in [-0.1, -0.05) is 6.07 Å². The van der Waals surface area contributed by atoms with Gasteiger partial charge in [-0.2, -0.15) is 4.98 Å². The van der Waals surface area contributed by atoms with Crippen LogP contribution in [0.1, 0.15) is 12.0 Å². The maximum absolute atomic E-state index is 4.41. The van der Waals surface area contributed by atoms with Gasteiger partial charge in [0.2, 0.25) is 5.95 Å². The van der Waals surface area contributed by atoms with Crippen LogP contribution in [0.25, 0.3) is 0 Å². The van der Waals surface area contributed by atoms with Crippen LogP contribution in [0.3, 0.4) is 0 Å². The van der Waals surface area contributed by atoms with Gasteiger partial charge in [-0.15, -0.1) is 0 Å². The summed E-state index contributed by atoms with van der Waals surface area (Å²) < 4.78 is 0. The van der Waals surface area contributed by atoms with Gasteiger partial charge in [0.05, 0.1) is 0 Å². The number of hydrogen-bond acceptors (Lipinski definition) is 6. The van der Waals surface area contributed by atoms with Gasteiger partial charge in [-0.3, -0.25) is 4.98 Å². The zero-order chi connectivity index (χ0) is 14.9. The van der Waals surface area contributed by atoms with E-state index in [0.29, 0.717) is 0 Å². The fourth-order valence-corrected chi connectivity index (χ4v) is 1.83. The van der Waals surface area contributed by atoms with Crippen LogP contribution in [-0.4, -0.2) is 42.1 Å². The molecule has 21 heavy (non-hydrogen) atoms. The molecular weight excluding hydrogens is 264 g/mol. The lowest BCUT2D eigenvalue weighted by Crippen LogP contribution is -2.18. The first kappa shape index (κ1) is 15.2. The molecule has 2 heterocycles. The van der Waals surface area contributed by atoms with E-state index in [1.807, 2.05) is 37.3 Å². The minimum absolute atomic E-state index is 0.717. The van der Waals surface area contributed by atoms with Crippen LogP contribution in [0, 0.1) is 0 Å². The zero-order valence-electron chi connectivity index (χ0n) is 12.6. The average molecular weight is 286 g/mol. The highest BCUT2D eigenvalue weighted by atomic mass is 15.2. The summed E-state index contributed by atoms with van der Waals surface area (Å²) in [4.78, 5) is 14.6. The zero-order valence-corrected chi connectivity index (χ0v) is 12.6. The standard InChI is InChI=1S/C15H22N6/c1-21(2)15-19-10-6-14(20-15)18-9-4-8-17-12-13-5-3-7-16-11-13/h3,5-7,10-11,17H,4,8-9,12H2,1-2H3,(H,18,19,20). The number of hydrogen-bond donors (Lipinski definition) is 2. The van der Waals surface area contributed by atoms with Gasteiger partial charge in [0.25, 0.3) is 0 Å². The van der Waals surface area contributed by atoms with E-state index in [-0.39, 0.29) is 0 Å². The second-order valence-electron chi connectivity index (χ2n) is 4.95. The maximum Gasteiger partial charge on any atom is 0.226 e. The van der Waals surface area contributed by atoms with Gasteiger partial charge >= 0.3 is 0 Å². The molecule has 0 aliphatic heterocycles. The molecule has 6 nitrogen and oxygen atoms in total. The molecule has 6 heteroatoms. The van der Waals surface area contributed by atoms with E-state index in [1.165, 1.54) is 5.56 Å². The minimum atomic E-state index is 0.717. The third-order valence-electron chi connectivity index (χ3n) is 2.93. The third-order valence-corrected chi connectivity index (χ3v) is 2.93. The molecule has 112 valence electrons. The van der Waals surface area contributed by atoms with Crippen molar-refractivity contribution in [1.82, 2.24) is 20.3 Å². The number of nitrogens with one attached hydrogen (secondary N) is 2. The molecule has 2 aromatic rings. The molecule has 0 fully saturated rings. The fraction of sp³-hybridized carbons (Fsp3) is 0.400. The van der Waals surface area contributed by atoms with Crippen molar-refractivity contribution in [1.29, 1.82) is 0 Å². The number of aromatic nitrogens is 3. The van der Waals surface area contributed by atoms with Crippen molar-refractivity contribution in [2.45, 2.75) is 13.0 Å². The maximum atomic E-state index is 4.41. The van der Waals surface area contributed by atoms with Crippen LogP contribution in [0.5, 0.6) is 0 Å². The number of pyridine rings is 1. The summed E-state index contributed by atoms with van der Waals surface area (Å²) in [6.45, 7) is 2.68. The van der Waals surface area contributed by atoms with Crippen LogP contribution in [0.15, 0.2) is 36.8 Å². The van der Waals surface area contributed by atoms with E-state index in [2.05, 4.69) is 31.7 Å². The highest BCUT2D eigenvalue weighted by molar-refractivity contribution is 5.40. The van der Waals surface area contributed by atoms with Crippen molar-refractivity contribution in [3.63, 3.8) is 0 Å². The van der Waals surface area contributed by atoms with Crippen LogP contribution in [-0.2, 0) is 6.54 Å². The molecule has 0 aliphatic carbocycles. The van der Waals surface area contributed by atoms with E-state index in [9.17, 15) is 0 Å². The number of nitrogens with zero attached hydrogens (tertiary/aromatic N) is 4. The molecule has 2 rings (SSSR count). The topological polar surface area (TPSA) is 66.0 Å².